The van der Waals surface area contributed by atoms with Crippen LogP contribution in [0, 0.1) is 6.92 Å². The van der Waals surface area contributed by atoms with Gasteiger partial charge in [-0.05, 0) is 32.9 Å². The fourth-order valence-corrected chi connectivity index (χ4v) is 2.11. The third-order valence-corrected chi connectivity index (χ3v) is 3.47. The Bertz CT molecular complexity index is 636. The van der Waals surface area contributed by atoms with Crippen LogP contribution in [0.1, 0.15) is 31.0 Å². The lowest BCUT2D eigenvalue weighted by Gasteiger charge is -2.18. The van der Waals surface area contributed by atoms with Crippen molar-refractivity contribution in [3.05, 3.63) is 47.8 Å². The van der Waals surface area contributed by atoms with E-state index in [9.17, 15) is 4.79 Å². The molecule has 0 bridgehead atoms. The van der Waals surface area contributed by atoms with Crippen molar-refractivity contribution in [2.75, 3.05) is 6.61 Å². The number of urea groups is 1. The SMILES string of the molecule is Cc1ccc(OC[C@@H](C)NC(=O)N[C@H](C)c2cnn(C)c2)cc1. The van der Waals surface area contributed by atoms with E-state index in [0.717, 1.165) is 11.3 Å². The highest BCUT2D eigenvalue weighted by atomic mass is 16.5. The van der Waals surface area contributed by atoms with Crippen molar-refractivity contribution in [2.45, 2.75) is 32.9 Å². The molecule has 0 unspecified atom stereocenters. The third kappa shape index (κ3) is 5.32. The summed E-state index contributed by atoms with van der Waals surface area (Å²) in [6.45, 7) is 6.27. The van der Waals surface area contributed by atoms with E-state index in [1.165, 1.54) is 5.56 Å². The molecule has 1 aromatic carbocycles. The molecule has 2 N–H and O–H groups in total. The van der Waals surface area contributed by atoms with Gasteiger partial charge in [0, 0.05) is 18.8 Å². The Hall–Kier alpha value is -2.50. The van der Waals surface area contributed by atoms with Gasteiger partial charge in [-0.15, -0.1) is 0 Å². The zero-order valence-electron chi connectivity index (χ0n) is 14.0. The summed E-state index contributed by atoms with van der Waals surface area (Å²) in [5, 5.41) is 9.85. The monoisotopic (exact) mass is 316 g/mol. The molecule has 2 rings (SSSR count). The van der Waals surface area contributed by atoms with Gasteiger partial charge in [-0.25, -0.2) is 4.79 Å². The minimum absolute atomic E-state index is 0.0996. The van der Waals surface area contributed by atoms with E-state index in [1.54, 1.807) is 10.9 Å². The van der Waals surface area contributed by atoms with E-state index in [0.29, 0.717) is 6.61 Å². The van der Waals surface area contributed by atoms with E-state index in [1.807, 2.05) is 58.3 Å². The Morgan fingerprint density at radius 1 is 1.26 bits per heavy atom. The van der Waals surface area contributed by atoms with Gasteiger partial charge < -0.3 is 15.4 Å². The summed E-state index contributed by atoms with van der Waals surface area (Å²) in [6, 6.07) is 7.41. The molecule has 0 fully saturated rings. The number of amides is 2. The number of aromatic nitrogens is 2. The van der Waals surface area contributed by atoms with Gasteiger partial charge >= 0.3 is 6.03 Å². The molecule has 1 aromatic heterocycles. The Kier molecular flexibility index (Phi) is 5.62. The Morgan fingerprint density at radius 3 is 2.57 bits per heavy atom. The lowest BCUT2D eigenvalue weighted by Crippen LogP contribution is -2.44. The van der Waals surface area contributed by atoms with Gasteiger partial charge in [0.15, 0.2) is 0 Å². The fraction of sp³-hybridized carbons (Fsp3) is 0.412. The first-order chi connectivity index (χ1) is 10.9. The van der Waals surface area contributed by atoms with E-state index >= 15 is 0 Å². The van der Waals surface area contributed by atoms with Crippen molar-refractivity contribution in [3.63, 3.8) is 0 Å². The maximum absolute atomic E-state index is 12.0. The molecule has 2 atom stereocenters. The highest BCUT2D eigenvalue weighted by Gasteiger charge is 2.13. The number of nitrogens with one attached hydrogen (secondary N) is 2. The molecule has 0 saturated heterocycles. The first kappa shape index (κ1) is 16.9. The van der Waals surface area contributed by atoms with Gasteiger partial charge in [0.25, 0.3) is 0 Å². The minimum atomic E-state index is -0.221. The lowest BCUT2D eigenvalue weighted by atomic mass is 10.2. The first-order valence-corrected chi connectivity index (χ1v) is 7.69. The molecule has 2 aromatic rings. The molecule has 23 heavy (non-hydrogen) atoms. The quantitative estimate of drug-likeness (QED) is 0.860. The zero-order chi connectivity index (χ0) is 16.8. The molecule has 124 valence electrons. The van der Waals surface area contributed by atoms with E-state index < -0.39 is 0 Å². The van der Waals surface area contributed by atoms with E-state index in [2.05, 4.69) is 15.7 Å². The standard InChI is InChI=1S/C17H24N4O2/c1-12-5-7-16(8-6-12)23-11-13(2)19-17(22)20-14(3)15-9-18-21(4)10-15/h5-10,13-14H,11H2,1-4H3,(H2,19,20,22)/t13-,14-/m1/s1. The van der Waals surface area contributed by atoms with Crippen molar-refractivity contribution in [1.82, 2.24) is 20.4 Å². The van der Waals surface area contributed by atoms with E-state index in [-0.39, 0.29) is 18.1 Å². The predicted octanol–water partition coefficient (Wildman–Crippen LogP) is 2.56. The molecule has 0 aliphatic heterocycles. The summed E-state index contributed by atoms with van der Waals surface area (Å²) >= 11 is 0. The second-order valence-electron chi connectivity index (χ2n) is 5.81. The van der Waals surface area contributed by atoms with Crippen LogP contribution in [0.3, 0.4) is 0 Å². The minimum Gasteiger partial charge on any atom is -0.491 e. The average molecular weight is 316 g/mol. The Labute approximate surface area is 136 Å². The van der Waals surface area contributed by atoms with Crippen LogP contribution < -0.4 is 15.4 Å². The van der Waals surface area contributed by atoms with Gasteiger partial charge in [0.1, 0.15) is 12.4 Å². The summed E-state index contributed by atoms with van der Waals surface area (Å²) in [4.78, 5) is 12.0. The summed E-state index contributed by atoms with van der Waals surface area (Å²) in [5.74, 6) is 0.799. The number of carbonyl (C=O) groups is 1. The summed E-state index contributed by atoms with van der Waals surface area (Å²) in [5.41, 5.74) is 2.15. The number of hydrogen-bond donors (Lipinski definition) is 2. The molecule has 2 amide bonds. The molecule has 6 nitrogen and oxygen atoms in total. The van der Waals surface area contributed by atoms with Gasteiger partial charge in [0.2, 0.25) is 0 Å². The summed E-state index contributed by atoms with van der Waals surface area (Å²) < 4.78 is 7.37. The molecule has 6 heteroatoms. The van der Waals surface area contributed by atoms with Crippen molar-refractivity contribution in [3.8, 4) is 5.75 Å². The number of hydrogen-bond acceptors (Lipinski definition) is 3. The maximum Gasteiger partial charge on any atom is 0.315 e. The van der Waals surface area contributed by atoms with Gasteiger partial charge in [-0.3, -0.25) is 4.68 Å². The van der Waals surface area contributed by atoms with Crippen LogP contribution in [0.15, 0.2) is 36.7 Å². The molecular weight excluding hydrogens is 292 g/mol. The van der Waals surface area contributed by atoms with Crippen LogP contribution in [0.4, 0.5) is 4.79 Å². The molecule has 0 aliphatic carbocycles. The maximum atomic E-state index is 12.0. The van der Waals surface area contributed by atoms with Crippen LogP contribution in [0.2, 0.25) is 0 Å². The number of rotatable bonds is 6. The molecular formula is C17H24N4O2. The summed E-state index contributed by atoms with van der Waals surface area (Å²) in [6.07, 6.45) is 3.63. The second kappa shape index (κ2) is 7.67. The topological polar surface area (TPSA) is 68.2 Å². The van der Waals surface area contributed by atoms with Gasteiger partial charge in [-0.1, -0.05) is 17.7 Å². The molecule has 0 saturated carbocycles. The van der Waals surface area contributed by atoms with Crippen LogP contribution in [0.5, 0.6) is 5.75 Å². The number of aryl methyl sites for hydroxylation is 2. The molecule has 1 heterocycles. The van der Waals surface area contributed by atoms with Crippen molar-refractivity contribution < 1.29 is 9.53 Å². The zero-order valence-corrected chi connectivity index (χ0v) is 14.0. The molecule has 0 spiro atoms. The second-order valence-corrected chi connectivity index (χ2v) is 5.81. The number of carbonyl (C=O) groups excluding carboxylic acids is 1. The first-order valence-electron chi connectivity index (χ1n) is 7.69. The van der Waals surface area contributed by atoms with Gasteiger partial charge in [0.05, 0.1) is 18.3 Å². The van der Waals surface area contributed by atoms with Crippen molar-refractivity contribution in [1.29, 1.82) is 0 Å². The molecule has 0 aliphatic rings. The average Bonchev–Trinajstić information content (AvgIpc) is 2.93. The number of benzene rings is 1. The summed E-state index contributed by atoms with van der Waals surface area (Å²) in [7, 11) is 1.85. The Morgan fingerprint density at radius 2 is 1.96 bits per heavy atom. The fourth-order valence-electron chi connectivity index (χ4n) is 2.11. The Balaban J connectivity index is 1.74. The van der Waals surface area contributed by atoms with Crippen molar-refractivity contribution in [2.24, 2.45) is 7.05 Å². The predicted molar refractivity (Wildman–Crippen MR) is 89.4 cm³/mol. The van der Waals surface area contributed by atoms with Crippen LogP contribution in [-0.2, 0) is 7.05 Å². The highest BCUT2D eigenvalue weighted by molar-refractivity contribution is 5.74. The lowest BCUT2D eigenvalue weighted by molar-refractivity contribution is 0.224. The normalized spacial score (nSPS) is 13.2. The van der Waals surface area contributed by atoms with Crippen molar-refractivity contribution >= 4 is 6.03 Å². The van der Waals surface area contributed by atoms with E-state index in [4.69, 9.17) is 4.74 Å². The van der Waals surface area contributed by atoms with Crippen LogP contribution >= 0.6 is 0 Å². The van der Waals surface area contributed by atoms with Crippen LogP contribution in [0.25, 0.3) is 0 Å². The van der Waals surface area contributed by atoms with Gasteiger partial charge in [-0.2, -0.15) is 5.10 Å². The largest absolute Gasteiger partial charge is 0.491 e. The highest BCUT2D eigenvalue weighted by Crippen LogP contribution is 2.12. The van der Waals surface area contributed by atoms with Crippen LogP contribution in [-0.4, -0.2) is 28.5 Å². The number of nitrogens with zero attached hydrogens (tertiary/aromatic N) is 2. The molecule has 0 radical (unpaired) electrons. The number of ether oxygens (including phenoxy) is 1. The third-order valence-electron chi connectivity index (χ3n) is 3.47. The smallest absolute Gasteiger partial charge is 0.315 e.